The number of likely N-dealkylation sites (tertiary alicyclic amines) is 1. The van der Waals surface area contributed by atoms with Crippen LogP contribution in [0.2, 0.25) is 0 Å². The van der Waals surface area contributed by atoms with E-state index in [9.17, 15) is 4.79 Å². The molecule has 0 N–H and O–H groups in total. The molecule has 5 heteroatoms. The van der Waals surface area contributed by atoms with Crippen molar-refractivity contribution in [2.75, 3.05) is 32.9 Å². The van der Waals surface area contributed by atoms with E-state index in [1.165, 1.54) is 0 Å². The van der Waals surface area contributed by atoms with Crippen LogP contribution in [0.5, 0.6) is 0 Å². The van der Waals surface area contributed by atoms with Gasteiger partial charge in [0.25, 0.3) is 5.91 Å². The molecule has 0 saturated carbocycles. The van der Waals surface area contributed by atoms with E-state index in [-0.39, 0.29) is 12.0 Å². The number of hydrogen-bond donors (Lipinski definition) is 0. The highest BCUT2D eigenvalue weighted by atomic mass is 16.7. The summed E-state index contributed by atoms with van der Waals surface area (Å²) in [6, 6.07) is 0. The zero-order chi connectivity index (χ0) is 12.6. The lowest BCUT2D eigenvalue weighted by molar-refractivity contribution is -0.196. The highest BCUT2D eigenvalue weighted by Crippen LogP contribution is 2.31. The van der Waals surface area contributed by atoms with Gasteiger partial charge in [-0.05, 0) is 18.8 Å². The molecule has 3 heterocycles. The van der Waals surface area contributed by atoms with Crippen LogP contribution in [0, 0.1) is 5.92 Å². The van der Waals surface area contributed by atoms with E-state index >= 15 is 0 Å². The standard InChI is InChI=1S/C13H21NO4/c1-10-3-6-16-11(10)12(15)14-5-2-4-13(9-14)17-7-8-18-13/h10-11H,2-9H2,1H3. The van der Waals surface area contributed by atoms with Crippen LogP contribution < -0.4 is 0 Å². The van der Waals surface area contributed by atoms with Crippen molar-refractivity contribution in [1.82, 2.24) is 4.90 Å². The average Bonchev–Trinajstić information content (AvgIpc) is 2.98. The first-order valence-electron chi connectivity index (χ1n) is 6.88. The van der Waals surface area contributed by atoms with Gasteiger partial charge in [0, 0.05) is 19.6 Å². The van der Waals surface area contributed by atoms with Gasteiger partial charge in [-0.25, -0.2) is 0 Å². The Labute approximate surface area is 107 Å². The first-order valence-corrected chi connectivity index (χ1v) is 6.88. The van der Waals surface area contributed by atoms with Crippen LogP contribution in [0.4, 0.5) is 0 Å². The van der Waals surface area contributed by atoms with Crippen LogP contribution >= 0.6 is 0 Å². The van der Waals surface area contributed by atoms with Gasteiger partial charge in [0.2, 0.25) is 0 Å². The van der Waals surface area contributed by atoms with Crippen molar-refractivity contribution >= 4 is 5.91 Å². The van der Waals surface area contributed by atoms with E-state index in [0.717, 1.165) is 25.8 Å². The molecule has 5 nitrogen and oxygen atoms in total. The fraction of sp³-hybridized carbons (Fsp3) is 0.923. The van der Waals surface area contributed by atoms with Gasteiger partial charge in [-0.2, -0.15) is 0 Å². The molecule has 0 aromatic carbocycles. The van der Waals surface area contributed by atoms with E-state index in [0.29, 0.717) is 32.3 Å². The molecule has 0 aromatic rings. The number of carbonyl (C=O) groups excluding carboxylic acids is 1. The van der Waals surface area contributed by atoms with E-state index in [4.69, 9.17) is 14.2 Å². The Balaban J connectivity index is 1.66. The number of carbonyl (C=O) groups is 1. The smallest absolute Gasteiger partial charge is 0.252 e. The van der Waals surface area contributed by atoms with Crippen molar-refractivity contribution in [3.63, 3.8) is 0 Å². The second-order valence-corrected chi connectivity index (χ2v) is 5.53. The normalized spacial score (nSPS) is 35.3. The van der Waals surface area contributed by atoms with Crippen molar-refractivity contribution in [2.24, 2.45) is 5.92 Å². The van der Waals surface area contributed by atoms with Gasteiger partial charge >= 0.3 is 0 Å². The molecule has 1 amide bonds. The third-order valence-corrected chi connectivity index (χ3v) is 4.17. The SMILES string of the molecule is CC1CCOC1C(=O)N1CCCC2(C1)OCCO2. The molecule has 1 spiro atoms. The van der Waals surface area contributed by atoms with Crippen molar-refractivity contribution < 1.29 is 19.0 Å². The largest absolute Gasteiger partial charge is 0.368 e. The van der Waals surface area contributed by atoms with Gasteiger partial charge < -0.3 is 19.1 Å². The molecule has 0 radical (unpaired) electrons. The molecule has 3 fully saturated rings. The minimum absolute atomic E-state index is 0.109. The highest BCUT2D eigenvalue weighted by Gasteiger charge is 2.44. The van der Waals surface area contributed by atoms with Gasteiger partial charge in [0.1, 0.15) is 6.10 Å². The molecule has 3 saturated heterocycles. The van der Waals surface area contributed by atoms with E-state index in [1.807, 2.05) is 4.90 Å². The molecule has 0 bridgehead atoms. The molecule has 0 aliphatic carbocycles. The predicted octanol–water partition coefficient (Wildman–Crippen LogP) is 0.777. The summed E-state index contributed by atoms with van der Waals surface area (Å²) in [5.41, 5.74) is 0. The number of ether oxygens (including phenoxy) is 3. The topological polar surface area (TPSA) is 48.0 Å². The van der Waals surface area contributed by atoms with E-state index < -0.39 is 5.79 Å². The third-order valence-electron chi connectivity index (χ3n) is 4.17. The number of amides is 1. The summed E-state index contributed by atoms with van der Waals surface area (Å²) in [5.74, 6) is -0.102. The van der Waals surface area contributed by atoms with Crippen molar-refractivity contribution in [1.29, 1.82) is 0 Å². The molecule has 2 atom stereocenters. The van der Waals surface area contributed by atoms with Gasteiger partial charge in [0.05, 0.1) is 19.8 Å². The Morgan fingerprint density at radius 3 is 2.72 bits per heavy atom. The van der Waals surface area contributed by atoms with E-state index in [1.54, 1.807) is 0 Å². The van der Waals surface area contributed by atoms with Crippen LogP contribution in [0.15, 0.2) is 0 Å². The number of hydrogen-bond acceptors (Lipinski definition) is 4. The molecule has 0 aromatic heterocycles. The number of nitrogens with zero attached hydrogens (tertiary/aromatic N) is 1. The lowest BCUT2D eigenvalue weighted by atomic mass is 10.00. The third kappa shape index (κ3) is 2.15. The lowest BCUT2D eigenvalue weighted by Gasteiger charge is -2.39. The summed E-state index contributed by atoms with van der Waals surface area (Å²) in [4.78, 5) is 14.3. The molecule has 102 valence electrons. The van der Waals surface area contributed by atoms with Crippen LogP contribution in [0.1, 0.15) is 26.2 Å². The Hall–Kier alpha value is -0.650. The van der Waals surface area contributed by atoms with Gasteiger partial charge in [-0.1, -0.05) is 6.92 Å². The molecule has 3 aliphatic heterocycles. The first kappa shape index (κ1) is 12.4. The first-order chi connectivity index (χ1) is 8.70. The quantitative estimate of drug-likeness (QED) is 0.694. The molecular formula is C13H21NO4. The van der Waals surface area contributed by atoms with Crippen molar-refractivity contribution in [3.8, 4) is 0 Å². The summed E-state index contributed by atoms with van der Waals surface area (Å²) >= 11 is 0. The summed E-state index contributed by atoms with van der Waals surface area (Å²) < 4.78 is 16.9. The summed E-state index contributed by atoms with van der Waals surface area (Å²) in [5, 5.41) is 0. The molecule has 2 unspecified atom stereocenters. The fourth-order valence-corrected chi connectivity index (χ4v) is 3.10. The van der Waals surface area contributed by atoms with Gasteiger partial charge in [0.15, 0.2) is 5.79 Å². The maximum Gasteiger partial charge on any atom is 0.252 e. The Bertz CT molecular complexity index is 327. The molecule has 3 rings (SSSR count). The fourth-order valence-electron chi connectivity index (χ4n) is 3.10. The monoisotopic (exact) mass is 255 g/mol. The highest BCUT2D eigenvalue weighted by molar-refractivity contribution is 5.81. The lowest BCUT2D eigenvalue weighted by Crippen LogP contribution is -2.54. The zero-order valence-corrected chi connectivity index (χ0v) is 10.9. The van der Waals surface area contributed by atoms with Crippen molar-refractivity contribution in [2.45, 2.75) is 38.1 Å². The van der Waals surface area contributed by atoms with Gasteiger partial charge in [-0.3, -0.25) is 4.79 Å². The summed E-state index contributed by atoms with van der Waals surface area (Å²) in [7, 11) is 0. The summed E-state index contributed by atoms with van der Waals surface area (Å²) in [6.07, 6.45) is 2.54. The predicted molar refractivity (Wildman–Crippen MR) is 64.0 cm³/mol. The van der Waals surface area contributed by atoms with Crippen molar-refractivity contribution in [3.05, 3.63) is 0 Å². The van der Waals surface area contributed by atoms with E-state index in [2.05, 4.69) is 6.92 Å². The maximum absolute atomic E-state index is 12.4. The second kappa shape index (κ2) is 4.79. The van der Waals surface area contributed by atoms with Crippen LogP contribution in [-0.2, 0) is 19.0 Å². The summed E-state index contributed by atoms with van der Waals surface area (Å²) in [6.45, 7) is 5.40. The van der Waals surface area contributed by atoms with Gasteiger partial charge in [-0.15, -0.1) is 0 Å². The Kier molecular flexibility index (Phi) is 3.30. The van der Waals surface area contributed by atoms with Crippen LogP contribution in [0.3, 0.4) is 0 Å². The maximum atomic E-state index is 12.4. The Morgan fingerprint density at radius 1 is 1.28 bits per heavy atom. The second-order valence-electron chi connectivity index (χ2n) is 5.53. The van der Waals surface area contributed by atoms with Crippen LogP contribution in [-0.4, -0.2) is 55.6 Å². The molecular weight excluding hydrogens is 234 g/mol. The minimum Gasteiger partial charge on any atom is -0.368 e. The Morgan fingerprint density at radius 2 is 2.06 bits per heavy atom. The minimum atomic E-state index is -0.532. The number of rotatable bonds is 1. The molecule has 18 heavy (non-hydrogen) atoms. The zero-order valence-electron chi connectivity index (χ0n) is 10.9. The van der Waals surface area contributed by atoms with Crippen LogP contribution in [0.25, 0.3) is 0 Å². The average molecular weight is 255 g/mol. The molecule has 3 aliphatic rings. The number of piperidine rings is 1.